The standard InChI is InChI=1S/C16H23N/c1-11-7-8-16(17-2)15-10-13-6-4-3-5-12(13)9-14(11)15/h3,5,11,16-17H,4,6-10H2,1-2H3/t11-,16+/m1/s1. The Labute approximate surface area is 105 Å². The highest BCUT2D eigenvalue weighted by Crippen LogP contribution is 2.43. The fourth-order valence-electron chi connectivity index (χ4n) is 3.73. The summed E-state index contributed by atoms with van der Waals surface area (Å²) in [5.74, 6) is 0.805. The number of nitrogens with one attached hydrogen (secondary N) is 1. The molecule has 0 aromatic heterocycles. The Kier molecular flexibility index (Phi) is 2.96. The summed E-state index contributed by atoms with van der Waals surface area (Å²) in [6, 6.07) is 0.654. The molecule has 0 aromatic rings. The molecule has 0 aromatic carbocycles. The Hall–Kier alpha value is -0.820. The molecule has 2 atom stereocenters. The van der Waals surface area contributed by atoms with Crippen molar-refractivity contribution in [3.05, 3.63) is 34.4 Å². The van der Waals surface area contributed by atoms with Crippen molar-refractivity contribution in [2.75, 3.05) is 7.05 Å². The molecule has 0 amide bonds. The van der Waals surface area contributed by atoms with Crippen LogP contribution in [0.25, 0.3) is 0 Å². The van der Waals surface area contributed by atoms with Crippen molar-refractivity contribution in [3.8, 4) is 0 Å². The highest BCUT2D eigenvalue weighted by molar-refractivity contribution is 5.44. The summed E-state index contributed by atoms with van der Waals surface area (Å²) in [4.78, 5) is 0. The molecule has 1 heteroatoms. The predicted octanol–water partition coefficient (Wildman–Crippen LogP) is 3.74. The average molecular weight is 229 g/mol. The Balaban J connectivity index is 1.93. The third-order valence-electron chi connectivity index (χ3n) is 4.84. The van der Waals surface area contributed by atoms with Crippen molar-refractivity contribution in [1.82, 2.24) is 5.32 Å². The molecule has 17 heavy (non-hydrogen) atoms. The third kappa shape index (κ3) is 1.91. The number of allylic oxidation sites excluding steroid dienone is 5. The minimum absolute atomic E-state index is 0.654. The van der Waals surface area contributed by atoms with E-state index in [-0.39, 0.29) is 0 Å². The minimum Gasteiger partial charge on any atom is -0.313 e. The van der Waals surface area contributed by atoms with Gasteiger partial charge >= 0.3 is 0 Å². The maximum atomic E-state index is 3.52. The van der Waals surface area contributed by atoms with Crippen molar-refractivity contribution in [2.45, 2.75) is 51.5 Å². The van der Waals surface area contributed by atoms with Crippen LogP contribution in [0.3, 0.4) is 0 Å². The smallest absolute Gasteiger partial charge is 0.0282 e. The molecule has 3 rings (SSSR count). The summed E-state index contributed by atoms with van der Waals surface area (Å²) in [5.41, 5.74) is 6.85. The molecule has 0 heterocycles. The zero-order valence-corrected chi connectivity index (χ0v) is 11.1. The first-order valence-corrected chi connectivity index (χ1v) is 7.06. The molecule has 0 saturated heterocycles. The highest BCUT2D eigenvalue weighted by atomic mass is 14.9. The van der Waals surface area contributed by atoms with Gasteiger partial charge in [0.2, 0.25) is 0 Å². The summed E-state index contributed by atoms with van der Waals surface area (Å²) in [6.45, 7) is 2.42. The molecule has 0 saturated carbocycles. The van der Waals surface area contributed by atoms with Crippen molar-refractivity contribution < 1.29 is 0 Å². The third-order valence-corrected chi connectivity index (χ3v) is 4.84. The van der Waals surface area contributed by atoms with E-state index in [4.69, 9.17) is 0 Å². The van der Waals surface area contributed by atoms with Gasteiger partial charge in [-0.15, -0.1) is 0 Å². The summed E-state index contributed by atoms with van der Waals surface area (Å²) >= 11 is 0. The van der Waals surface area contributed by atoms with Gasteiger partial charge in [-0.1, -0.05) is 30.2 Å². The van der Waals surface area contributed by atoms with Crippen LogP contribution in [0.4, 0.5) is 0 Å². The van der Waals surface area contributed by atoms with Crippen molar-refractivity contribution >= 4 is 0 Å². The highest BCUT2D eigenvalue weighted by Gasteiger charge is 2.30. The van der Waals surface area contributed by atoms with E-state index in [0.717, 1.165) is 5.92 Å². The zero-order chi connectivity index (χ0) is 11.8. The molecule has 3 aliphatic carbocycles. The second kappa shape index (κ2) is 4.45. The molecule has 92 valence electrons. The van der Waals surface area contributed by atoms with Gasteiger partial charge in [0, 0.05) is 6.04 Å². The van der Waals surface area contributed by atoms with E-state index < -0.39 is 0 Å². The van der Waals surface area contributed by atoms with Crippen LogP contribution < -0.4 is 5.32 Å². The van der Waals surface area contributed by atoms with Gasteiger partial charge in [0.1, 0.15) is 0 Å². The number of hydrogen-bond donors (Lipinski definition) is 1. The molecule has 0 bridgehead atoms. The first-order chi connectivity index (χ1) is 8.29. The quantitative estimate of drug-likeness (QED) is 0.675. The zero-order valence-electron chi connectivity index (χ0n) is 11.1. The van der Waals surface area contributed by atoms with Gasteiger partial charge in [-0.25, -0.2) is 0 Å². The van der Waals surface area contributed by atoms with Crippen LogP contribution in [0, 0.1) is 5.92 Å². The van der Waals surface area contributed by atoms with E-state index in [1.54, 1.807) is 22.3 Å². The Bertz CT molecular complexity index is 411. The number of likely N-dealkylation sites (N-methyl/N-ethyl adjacent to an activating group) is 1. The summed E-state index contributed by atoms with van der Waals surface area (Å²) in [7, 11) is 2.12. The maximum absolute atomic E-state index is 3.52. The molecule has 0 fully saturated rings. The average Bonchev–Trinajstić information content (AvgIpc) is 2.38. The van der Waals surface area contributed by atoms with Gasteiger partial charge in [0.25, 0.3) is 0 Å². The first-order valence-electron chi connectivity index (χ1n) is 7.06. The van der Waals surface area contributed by atoms with Crippen LogP contribution in [0.1, 0.15) is 45.4 Å². The Morgan fingerprint density at radius 2 is 2.06 bits per heavy atom. The summed E-state index contributed by atoms with van der Waals surface area (Å²) < 4.78 is 0. The molecule has 0 aliphatic heterocycles. The lowest BCUT2D eigenvalue weighted by molar-refractivity contribution is 0.437. The van der Waals surface area contributed by atoms with Gasteiger partial charge in [0.15, 0.2) is 0 Å². The first kappa shape index (κ1) is 11.3. The van der Waals surface area contributed by atoms with Crippen molar-refractivity contribution in [3.63, 3.8) is 0 Å². The number of rotatable bonds is 1. The fraction of sp³-hybridized carbons (Fsp3) is 0.625. The van der Waals surface area contributed by atoms with Crippen molar-refractivity contribution in [2.24, 2.45) is 5.92 Å². The van der Waals surface area contributed by atoms with Crippen LogP contribution >= 0.6 is 0 Å². The molecule has 1 N–H and O–H groups in total. The molecule has 1 nitrogen and oxygen atoms in total. The van der Waals surface area contributed by atoms with Crippen LogP contribution in [0.2, 0.25) is 0 Å². The van der Waals surface area contributed by atoms with E-state index in [1.807, 2.05) is 0 Å². The van der Waals surface area contributed by atoms with E-state index in [2.05, 4.69) is 31.4 Å². The molecule has 0 unspecified atom stereocenters. The van der Waals surface area contributed by atoms with Gasteiger partial charge < -0.3 is 5.32 Å². The van der Waals surface area contributed by atoms with E-state index in [0.29, 0.717) is 6.04 Å². The predicted molar refractivity (Wildman–Crippen MR) is 72.9 cm³/mol. The molecule has 3 aliphatic rings. The second-order valence-electron chi connectivity index (χ2n) is 5.79. The number of hydrogen-bond acceptors (Lipinski definition) is 1. The van der Waals surface area contributed by atoms with Crippen LogP contribution in [-0.4, -0.2) is 13.1 Å². The lowest BCUT2D eigenvalue weighted by Crippen LogP contribution is -2.34. The normalized spacial score (nSPS) is 32.6. The monoisotopic (exact) mass is 229 g/mol. The summed E-state index contributed by atoms with van der Waals surface area (Å²) in [6.07, 6.45) is 12.5. The van der Waals surface area contributed by atoms with Gasteiger partial charge in [-0.3, -0.25) is 0 Å². The van der Waals surface area contributed by atoms with Gasteiger partial charge in [-0.2, -0.15) is 0 Å². The Morgan fingerprint density at radius 1 is 1.18 bits per heavy atom. The molecule has 0 radical (unpaired) electrons. The maximum Gasteiger partial charge on any atom is 0.0282 e. The van der Waals surface area contributed by atoms with Crippen LogP contribution in [-0.2, 0) is 0 Å². The van der Waals surface area contributed by atoms with E-state index in [1.165, 1.54) is 38.5 Å². The van der Waals surface area contributed by atoms with E-state index in [9.17, 15) is 0 Å². The van der Waals surface area contributed by atoms with Gasteiger partial charge in [-0.05, 0) is 62.6 Å². The van der Waals surface area contributed by atoms with Crippen molar-refractivity contribution in [1.29, 1.82) is 0 Å². The topological polar surface area (TPSA) is 12.0 Å². The van der Waals surface area contributed by atoms with Crippen LogP contribution in [0.5, 0.6) is 0 Å². The summed E-state index contributed by atoms with van der Waals surface area (Å²) in [5, 5.41) is 3.52. The lowest BCUT2D eigenvalue weighted by atomic mass is 9.71. The SMILES string of the molecule is CN[C@H]1CC[C@@H](C)C2=C1CC1=C(C=CCC1)C2. The molecular weight excluding hydrogens is 206 g/mol. The Morgan fingerprint density at radius 3 is 2.88 bits per heavy atom. The van der Waals surface area contributed by atoms with E-state index >= 15 is 0 Å². The fourth-order valence-corrected chi connectivity index (χ4v) is 3.73. The van der Waals surface area contributed by atoms with Gasteiger partial charge in [0.05, 0.1) is 0 Å². The molecular formula is C16H23N. The second-order valence-corrected chi connectivity index (χ2v) is 5.79. The largest absolute Gasteiger partial charge is 0.313 e. The molecule has 0 spiro atoms. The minimum atomic E-state index is 0.654. The lowest BCUT2D eigenvalue weighted by Gasteiger charge is -2.37. The van der Waals surface area contributed by atoms with Crippen LogP contribution in [0.15, 0.2) is 34.4 Å².